The van der Waals surface area contributed by atoms with E-state index in [4.69, 9.17) is 4.74 Å². The summed E-state index contributed by atoms with van der Waals surface area (Å²) in [6.45, 7) is 13.2. The van der Waals surface area contributed by atoms with Gasteiger partial charge in [0.1, 0.15) is 24.2 Å². The number of carbonyl (C=O) groups is 6. The van der Waals surface area contributed by atoms with Crippen molar-refractivity contribution >= 4 is 35.5 Å². The van der Waals surface area contributed by atoms with Gasteiger partial charge in [-0.2, -0.15) is 0 Å². The smallest absolute Gasteiger partial charge is 0.308 e. The molecule has 0 radical (unpaired) electrons. The molecule has 2 aliphatic heterocycles. The molecule has 2 saturated heterocycles. The van der Waals surface area contributed by atoms with Gasteiger partial charge in [0.05, 0.1) is 6.42 Å². The fraction of sp³-hybridized carbons (Fsp3) is 0.667. The van der Waals surface area contributed by atoms with E-state index < -0.39 is 65.8 Å². The van der Waals surface area contributed by atoms with Crippen LogP contribution in [-0.2, 0) is 39.9 Å². The lowest BCUT2D eigenvalue weighted by atomic mass is 9.95. The summed E-state index contributed by atoms with van der Waals surface area (Å²) in [6, 6.07) is 5.50. The van der Waals surface area contributed by atoms with Crippen LogP contribution in [0.25, 0.3) is 0 Å². The Labute approximate surface area is 285 Å². The van der Waals surface area contributed by atoms with Gasteiger partial charge >= 0.3 is 5.97 Å². The lowest BCUT2D eigenvalue weighted by Crippen LogP contribution is -2.61. The van der Waals surface area contributed by atoms with Crippen molar-refractivity contribution < 1.29 is 33.5 Å². The summed E-state index contributed by atoms with van der Waals surface area (Å²) in [5.41, 5.74) is 0.806. The molecule has 0 saturated carbocycles. The Morgan fingerprint density at radius 2 is 1.42 bits per heavy atom. The summed E-state index contributed by atoms with van der Waals surface area (Å²) in [5, 5.41) is 5.70. The molecule has 3 unspecified atom stereocenters. The van der Waals surface area contributed by atoms with Gasteiger partial charge in [-0.15, -0.1) is 0 Å². The van der Waals surface area contributed by atoms with Gasteiger partial charge in [0.15, 0.2) is 6.10 Å². The van der Waals surface area contributed by atoms with Crippen molar-refractivity contribution in [2.24, 2.45) is 23.7 Å². The number of benzene rings is 1. The molecule has 0 aliphatic carbocycles. The van der Waals surface area contributed by atoms with Crippen molar-refractivity contribution in [2.75, 3.05) is 27.2 Å². The van der Waals surface area contributed by atoms with Crippen molar-refractivity contribution in [3.8, 4) is 0 Å². The minimum atomic E-state index is -1.11. The maximum absolute atomic E-state index is 14.4. The number of amides is 5. The Balaban J connectivity index is 2.11. The highest BCUT2D eigenvalue weighted by molar-refractivity contribution is 5.96. The molecular weight excluding hydrogens is 614 g/mol. The summed E-state index contributed by atoms with van der Waals surface area (Å²) in [4.78, 5) is 87.2. The van der Waals surface area contributed by atoms with Crippen molar-refractivity contribution in [2.45, 2.75) is 104 Å². The van der Waals surface area contributed by atoms with Crippen LogP contribution in [0.2, 0.25) is 0 Å². The van der Waals surface area contributed by atoms with Gasteiger partial charge in [0.2, 0.25) is 23.6 Å². The van der Waals surface area contributed by atoms with Crippen LogP contribution in [0, 0.1) is 23.7 Å². The highest BCUT2D eigenvalue weighted by Crippen LogP contribution is 2.27. The summed E-state index contributed by atoms with van der Waals surface area (Å²) in [6.07, 6.45) is -0.312. The van der Waals surface area contributed by atoms with E-state index in [-0.39, 0.29) is 49.5 Å². The molecule has 1 aromatic carbocycles. The zero-order chi connectivity index (χ0) is 35.9. The average molecular weight is 670 g/mol. The molecule has 3 rings (SSSR count). The van der Waals surface area contributed by atoms with E-state index in [1.165, 1.54) is 14.7 Å². The van der Waals surface area contributed by atoms with Gasteiger partial charge in [0, 0.05) is 33.6 Å². The summed E-state index contributed by atoms with van der Waals surface area (Å²) < 4.78 is 5.70. The molecule has 2 heterocycles. The number of fused-ring (bicyclic) bond motifs is 1. The van der Waals surface area contributed by atoms with Crippen molar-refractivity contribution in [1.29, 1.82) is 0 Å². The second-order valence-electron chi connectivity index (χ2n) is 14.4. The standard InChI is InChI=1S/C36H55N5O7/c1-21(2)19-27-35(46)41-18-16-24(7)31(41)33(44)38-26(20-25-13-11-10-12-14-25)34(45)40(9)30(23(5)6)36(47)39(8)29(22(3)4)32(43)37-17-15-28(42)48-27/h10-14,21-24,26-27,29-31H,15-20H2,1-9H3,(H,37,43)(H,38,44)/t24?,26-,27?,29?,30-,31-/m0/s1. The van der Waals surface area contributed by atoms with Gasteiger partial charge in [-0.1, -0.05) is 78.8 Å². The Hall–Kier alpha value is -3.96. The molecule has 1 aromatic rings. The molecule has 2 fully saturated rings. The number of cyclic esters (lactones) is 1. The molecule has 266 valence electrons. The quantitative estimate of drug-likeness (QED) is 0.443. The van der Waals surface area contributed by atoms with E-state index >= 15 is 0 Å². The number of likely N-dealkylation sites (N-methyl/N-ethyl adjacent to an activating group) is 2. The van der Waals surface area contributed by atoms with Crippen molar-refractivity contribution in [1.82, 2.24) is 25.3 Å². The largest absolute Gasteiger partial charge is 0.452 e. The molecule has 0 spiro atoms. The van der Waals surface area contributed by atoms with Crippen LogP contribution in [0.15, 0.2) is 30.3 Å². The van der Waals surface area contributed by atoms with Gasteiger partial charge in [-0.25, -0.2) is 0 Å². The Kier molecular flexibility index (Phi) is 13.6. The number of carbonyl (C=O) groups excluding carboxylic acids is 6. The third-order valence-electron chi connectivity index (χ3n) is 9.33. The minimum absolute atomic E-state index is 0.0116. The maximum Gasteiger partial charge on any atom is 0.308 e. The predicted octanol–water partition coefficient (Wildman–Crippen LogP) is 2.39. The van der Waals surface area contributed by atoms with E-state index in [0.717, 1.165) is 5.56 Å². The van der Waals surface area contributed by atoms with E-state index in [9.17, 15) is 28.8 Å². The van der Waals surface area contributed by atoms with Crippen LogP contribution in [-0.4, -0.2) is 108 Å². The Morgan fingerprint density at radius 3 is 2.00 bits per heavy atom. The van der Waals surface area contributed by atoms with Crippen molar-refractivity contribution in [3.05, 3.63) is 35.9 Å². The lowest BCUT2D eigenvalue weighted by molar-refractivity contribution is -0.162. The second kappa shape index (κ2) is 16.9. The Morgan fingerprint density at radius 1 is 0.812 bits per heavy atom. The third kappa shape index (κ3) is 9.35. The van der Waals surface area contributed by atoms with E-state index in [1.54, 1.807) is 14.1 Å². The molecule has 12 heteroatoms. The number of hydrogen-bond acceptors (Lipinski definition) is 7. The molecule has 2 N–H and O–H groups in total. The van der Waals surface area contributed by atoms with Gasteiger partial charge in [-0.05, 0) is 42.1 Å². The van der Waals surface area contributed by atoms with E-state index in [0.29, 0.717) is 13.0 Å². The second-order valence-corrected chi connectivity index (χ2v) is 14.4. The SMILES string of the molecule is CC(C)CC1OC(=O)CCNC(=O)C(C(C)C)N(C)C(=O)[C@H](C(C)C)N(C)C(=O)[C@H](Cc2ccccc2)NC(=O)[C@@H]2C(C)CCN2C1=O. The monoisotopic (exact) mass is 669 g/mol. The van der Waals surface area contributed by atoms with E-state index in [2.05, 4.69) is 10.6 Å². The minimum Gasteiger partial charge on any atom is -0.452 e. The van der Waals surface area contributed by atoms with Crippen LogP contribution >= 0.6 is 0 Å². The summed E-state index contributed by atoms with van der Waals surface area (Å²) in [5.74, 6) is -3.75. The topological polar surface area (TPSA) is 145 Å². The number of rotatable bonds is 6. The van der Waals surface area contributed by atoms with Crippen LogP contribution in [0.3, 0.4) is 0 Å². The highest BCUT2D eigenvalue weighted by Gasteiger charge is 2.45. The predicted molar refractivity (Wildman–Crippen MR) is 181 cm³/mol. The first-order valence-electron chi connectivity index (χ1n) is 17.2. The number of hydrogen-bond donors (Lipinski definition) is 2. The molecule has 5 amide bonds. The third-order valence-corrected chi connectivity index (χ3v) is 9.33. The molecule has 6 atom stereocenters. The fourth-order valence-electron chi connectivity index (χ4n) is 6.88. The van der Waals surface area contributed by atoms with Crippen LogP contribution in [0.1, 0.15) is 73.3 Å². The first-order valence-corrected chi connectivity index (χ1v) is 17.2. The molecule has 2 aliphatic rings. The van der Waals surface area contributed by atoms with Gasteiger partial charge in [0.25, 0.3) is 5.91 Å². The summed E-state index contributed by atoms with van der Waals surface area (Å²) >= 11 is 0. The number of ether oxygens (including phenoxy) is 1. The normalized spacial score (nSPS) is 27.5. The van der Waals surface area contributed by atoms with Crippen LogP contribution in [0.5, 0.6) is 0 Å². The van der Waals surface area contributed by atoms with Gasteiger partial charge < -0.3 is 30.1 Å². The molecule has 0 aromatic heterocycles. The fourth-order valence-corrected chi connectivity index (χ4v) is 6.88. The first kappa shape index (κ1) is 38.5. The number of nitrogens with one attached hydrogen (secondary N) is 2. The number of esters is 1. The Bertz CT molecular complexity index is 1320. The zero-order valence-electron chi connectivity index (χ0n) is 30.0. The van der Waals surface area contributed by atoms with E-state index in [1.807, 2.05) is 78.8 Å². The zero-order valence-corrected chi connectivity index (χ0v) is 30.0. The first-order chi connectivity index (χ1) is 22.5. The lowest BCUT2D eigenvalue weighted by Gasteiger charge is -2.38. The maximum atomic E-state index is 14.4. The highest BCUT2D eigenvalue weighted by atomic mass is 16.5. The van der Waals surface area contributed by atoms with Gasteiger partial charge in [-0.3, -0.25) is 28.8 Å². The molecule has 48 heavy (non-hydrogen) atoms. The molecular formula is C36H55N5O7. The van der Waals surface area contributed by atoms with Crippen LogP contribution in [0.4, 0.5) is 0 Å². The van der Waals surface area contributed by atoms with Crippen molar-refractivity contribution in [3.63, 3.8) is 0 Å². The molecule has 0 bridgehead atoms. The average Bonchev–Trinajstić information content (AvgIpc) is 3.40. The summed E-state index contributed by atoms with van der Waals surface area (Å²) in [7, 11) is 3.09. The molecule has 12 nitrogen and oxygen atoms in total. The number of nitrogens with zero attached hydrogens (tertiary/aromatic N) is 3. The van der Waals surface area contributed by atoms with Crippen LogP contribution < -0.4 is 10.6 Å².